The van der Waals surface area contributed by atoms with Crippen molar-refractivity contribution in [3.05, 3.63) is 53.6 Å². The molecule has 28 heavy (non-hydrogen) atoms. The highest BCUT2D eigenvalue weighted by Crippen LogP contribution is 2.34. The lowest BCUT2D eigenvalue weighted by atomic mass is 9.92. The van der Waals surface area contributed by atoms with Crippen molar-refractivity contribution in [2.24, 2.45) is 0 Å². The zero-order valence-corrected chi connectivity index (χ0v) is 15.2. The molecule has 1 unspecified atom stereocenters. The van der Waals surface area contributed by atoms with Crippen LogP contribution in [0.3, 0.4) is 0 Å². The standard InChI is InChI=1S/C21H18N2O5/c1-28-14-8-5-12(6-9-14)22-16-4-2-3-15-19(16)21(27)23(20(15)26)17-10-7-13(24)11-18(17)25/h2-6,8-9,17,22H,7,10-11H2,1H3. The second-order valence-corrected chi connectivity index (χ2v) is 6.80. The first-order valence-electron chi connectivity index (χ1n) is 8.96. The fourth-order valence-electron chi connectivity index (χ4n) is 3.65. The van der Waals surface area contributed by atoms with E-state index in [2.05, 4.69) is 5.32 Å². The van der Waals surface area contributed by atoms with Gasteiger partial charge in [-0.05, 0) is 42.8 Å². The molecule has 1 saturated carbocycles. The topological polar surface area (TPSA) is 92.8 Å². The molecule has 2 amide bonds. The maximum atomic E-state index is 13.1. The first kappa shape index (κ1) is 17.9. The van der Waals surface area contributed by atoms with Crippen LogP contribution >= 0.6 is 0 Å². The van der Waals surface area contributed by atoms with Crippen LogP contribution in [0.1, 0.15) is 40.0 Å². The van der Waals surface area contributed by atoms with E-state index in [0.29, 0.717) is 11.4 Å². The minimum absolute atomic E-state index is 0.153. The van der Waals surface area contributed by atoms with Crippen LogP contribution in [0.2, 0.25) is 0 Å². The van der Waals surface area contributed by atoms with Crippen LogP contribution in [0.25, 0.3) is 0 Å². The van der Waals surface area contributed by atoms with Crippen molar-refractivity contribution in [3.63, 3.8) is 0 Å². The van der Waals surface area contributed by atoms with Gasteiger partial charge in [0.05, 0.1) is 36.4 Å². The van der Waals surface area contributed by atoms with Gasteiger partial charge in [0.1, 0.15) is 11.5 Å². The number of imide groups is 1. The average Bonchev–Trinajstić information content (AvgIpc) is 2.94. The number of carbonyl (C=O) groups is 4. The van der Waals surface area contributed by atoms with Crippen molar-refractivity contribution in [1.29, 1.82) is 0 Å². The minimum atomic E-state index is -0.876. The van der Waals surface area contributed by atoms with Crippen LogP contribution in [-0.2, 0) is 9.59 Å². The summed E-state index contributed by atoms with van der Waals surface area (Å²) in [5, 5.41) is 3.15. The molecule has 2 aromatic rings. The summed E-state index contributed by atoms with van der Waals surface area (Å²) in [6.07, 6.45) is 0.153. The van der Waals surface area contributed by atoms with E-state index < -0.39 is 17.9 Å². The number of fused-ring (bicyclic) bond motifs is 1. The van der Waals surface area contributed by atoms with E-state index in [9.17, 15) is 19.2 Å². The van der Waals surface area contributed by atoms with E-state index in [0.717, 1.165) is 10.6 Å². The van der Waals surface area contributed by atoms with E-state index in [1.165, 1.54) is 0 Å². The van der Waals surface area contributed by atoms with Crippen molar-refractivity contribution in [1.82, 2.24) is 4.90 Å². The third-order valence-corrected chi connectivity index (χ3v) is 5.07. The lowest BCUT2D eigenvalue weighted by Crippen LogP contribution is -2.47. The summed E-state index contributed by atoms with van der Waals surface area (Å²) in [4.78, 5) is 50.7. The number of ether oxygens (including phenoxy) is 1. The number of carbonyl (C=O) groups excluding carboxylic acids is 4. The molecule has 7 heteroatoms. The Labute approximate surface area is 161 Å². The van der Waals surface area contributed by atoms with Crippen LogP contribution in [0.4, 0.5) is 11.4 Å². The van der Waals surface area contributed by atoms with Crippen LogP contribution in [-0.4, -0.2) is 41.4 Å². The first-order chi connectivity index (χ1) is 13.5. The van der Waals surface area contributed by atoms with Gasteiger partial charge in [0, 0.05) is 12.1 Å². The van der Waals surface area contributed by atoms with Gasteiger partial charge in [-0.25, -0.2) is 0 Å². The van der Waals surface area contributed by atoms with E-state index >= 15 is 0 Å². The Hall–Kier alpha value is -3.48. The molecule has 0 saturated heterocycles. The molecule has 0 aromatic heterocycles. The highest BCUT2D eigenvalue weighted by molar-refractivity contribution is 6.25. The highest BCUT2D eigenvalue weighted by atomic mass is 16.5. The molecular weight excluding hydrogens is 360 g/mol. The van der Waals surface area contributed by atoms with E-state index in [-0.39, 0.29) is 42.0 Å². The van der Waals surface area contributed by atoms with Crippen molar-refractivity contribution < 1.29 is 23.9 Å². The van der Waals surface area contributed by atoms with Gasteiger partial charge in [0.15, 0.2) is 5.78 Å². The Morgan fingerprint density at radius 1 is 1.00 bits per heavy atom. The van der Waals surface area contributed by atoms with Gasteiger partial charge in [-0.15, -0.1) is 0 Å². The number of ketones is 2. The molecule has 2 aliphatic rings. The molecule has 0 spiro atoms. The molecule has 0 bridgehead atoms. The van der Waals surface area contributed by atoms with Crippen molar-refractivity contribution in [2.45, 2.75) is 25.3 Å². The van der Waals surface area contributed by atoms with Gasteiger partial charge < -0.3 is 10.1 Å². The SMILES string of the molecule is COc1ccc(Nc2cccc3c2C(=O)N(C2CCC(=O)CC2=O)C3=O)cc1. The molecule has 1 heterocycles. The summed E-state index contributed by atoms with van der Waals surface area (Å²) in [6.45, 7) is 0. The van der Waals surface area contributed by atoms with Crippen LogP contribution in [0.15, 0.2) is 42.5 Å². The third-order valence-electron chi connectivity index (χ3n) is 5.07. The molecule has 142 valence electrons. The van der Waals surface area contributed by atoms with Gasteiger partial charge in [-0.2, -0.15) is 0 Å². The Bertz CT molecular complexity index is 996. The fraction of sp³-hybridized carbons (Fsp3) is 0.238. The smallest absolute Gasteiger partial charge is 0.264 e. The quantitative estimate of drug-likeness (QED) is 0.650. The Balaban J connectivity index is 1.65. The molecular formula is C21H18N2O5. The molecule has 2 aromatic carbocycles. The highest BCUT2D eigenvalue weighted by Gasteiger charge is 2.45. The minimum Gasteiger partial charge on any atom is -0.497 e. The van der Waals surface area contributed by atoms with Gasteiger partial charge in [-0.3, -0.25) is 24.1 Å². The number of benzene rings is 2. The van der Waals surface area contributed by atoms with Crippen molar-refractivity contribution in [3.8, 4) is 5.75 Å². The van der Waals surface area contributed by atoms with E-state index in [1.54, 1.807) is 49.6 Å². The predicted molar refractivity (Wildman–Crippen MR) is 101 cm³/mol. The second-order valence-electron chi connectivity index (χ2n) is 6.80. The largest absolute Gasteiger partial charge is 0.497 e. The molecule has 1 aliphatic carbocycles. The van der Waals surface area contributed by atoms with Gasteiger partial charge in [-0.1, -0.05) is 6.07 Å². The predicted octanol–water partition coefficient (Wildman–Crippen LogP) is 2.73. The number of amides is 2. The first-order valence-corrected chi connectivity index (χ1v) is 8.96. The number of anilines is 2. The number of nitrogens with zero attached hydrogens (tertiary/aromatic N) is 1. The molecule has 1 fully saturated rings. The summed E-state index contributed by atoms with van der Waals surface area (Å²) in [5.41, 5.74) is 1.72. The lowest BCUT2D eigenvalue weighted by molar-refractivity contribution is -0.132. The Kier molecular flexibility index (Phi) is 4.43. The van der Waals surface area contributed by atoms with Gasteiger partial charge >= 0.3 is 0 Å². The fourth-order valence-corrected chi connectivity index (χ4v) is 3.65. The number of rotatable bonds is 4. The van der Waals surface area contributed by atoms with E-state index in [4.69, 9.17) is 4.74 Å². The van der Waals surface area contributed by atoms with Crippen LogP contribution in [0, 0.1) is 0 Å². The third kappa shape index (κ3) is 2.94. The van der Waals surface area contributed by atoms with Crippen molar-refractivity contribution in [2.75, 3.05) is 12.4 Å². The lowest BCUT2D eigenvalue weighted by Gasteiger charge is -2.27. The molecule has 1 N–H and O–H groups in total. The van der Waals surface area contributed by atoms with Gasteiger partial charge in [0.2, 0.25) is 0 Å². The van der Waals surface area contributed by atoms with E-state index in [1.807, 2.05) is 0 Å². The number of hydrogen-bond donors (Lipinski definition) is 1. The molecule has 4 rings (SSSR count). The maximum absolute atomic E-state index is 13.1. The maximum Gasteiger partial charge on any atom is 0.264 e. The Morgan fingerprint density at radius 2 is 1.75 bits per heavy atom. The van der Waals surface area contributed by atoms with Crippen LogP contribution < -0.4 is 10.1 Å². The zero-order valence-electron chi connectivity index (χ0n) is 15.2. The summed E-state index contributed by atoms with van der Waals surface area (Å²) < 4.78 is 5.13. The molecule has 0 radical (unpaired) electrons. The average molecular weight is 378 g/mol. The van der Waals surface area contributed by atoms with Crippen LogP contribution in [0.5, 0.6) is 5.75 Å². The summed E-state index contributed by atoms with van der Waals surface area (Å²) in [7, 11) is 1.57. The zero-order chi connectivity index (χ0) is 19.8. The summed E-state index contributed by atoms with van der Waals surface area (Å²) in [6, 6.07) is 11.3. The summed E-state index contributed by atoms with van der Waals surface area (Å²) >= 11 is 0. The number of nitrogens with one attached hydrogen (secondary N) is 1. The monoisotopic (exact) mass is 378 g/mol. The normalized spacial score (nSPS) is 19.0. The number of hydrogen-bond acceptors (Lipinski definition) is 6. The van der Waals surface area contributed by atoms with Crippen molar-refractivity contribution >= 4 is 34.8 Å². The Morgan fingerprint density at radius 3 is 2.43 bits per heavy atom. The second kappa shape index (κ2) is 6.92. The number of Topliss-reactive ketones (excluding diaryl/α,β-unsaturated/α-hetero) is 2. The molecule has 1 atom stereocenters. The summed E-state index contributed by atoms with van der Waals surface area (Å²) in [5.74, 6) is -0.836. The molecule has 1 aliphatic heterocycles. The number of methoxy groups -OCH3 is 1. The molecule has 7 nitrogen and oxygen atoms in total. The van der Waals surface area contributed by atoms with Gasteiger partial charge in [0.25, 0.3) is 11.8 Å².